The van der Waals surface area contributed by atoms with Gasteiger partial charge in [0.2, 0.25) is 0 Å². The van der Waals surface area contributed by atoms with Gasteiger partial charge >= 0.3 is 5.97 Å². The number of nitrogens with zero attached hydrogens (tertiary/aromatic N) is 2. The Morgan fingerprint density at radius 3 is 2.70 bits per heavy atom. The zero-order valence-corrected chi connectivity index (χ0v) is 20.6. The smallest absolute Gasteiger partial charge is 0.338 e. The second-order valence-corrected chi connectivity index (χ2v) is 9.12. The molecule has 0 radical (unpaired) electrons. The molecule has 0 unspecified atom stereocenters. The summed E-state index contributed by atoms with van der Waals surface area (Å²) in [5.74, 6) is -0.213. The number of carbonyl (C=O) groups is 1. The van der Waals surface area contributed by atoms with E-state index in [-0.39, 0.29) is 17.9 Å². The van der Waals surface area contributed by atoms with Crippen molar-refractivity contribution in [2.24, 2.45) is 4.99 Å². The van der Waals surface area contributed by atoms with Crippen LogP contribution in [0.1, 0.15) is 31.0 Å². The van der Waals surface area contributed by atoms with Crippen LogP contribution in [0, 0.1) is 0 Å². The summed E-state index contributed by atoms with van der Waals surface area (Å²) >= 11 is 4.65. The molecule has 0 spiro atoms. The summed E-state index contributed by atoms with van der Waals surface area (Å²) in [4.78, 5) is 31.5. The topological polar surface area (TPSA) is 90.1 Å². The highest BCUT2D eigenvalue weighted by atomic mass is 79.9. The highest BCUT2D eigenvalue weighted by Gasteiger charge is 2.33. The fourth-order valence-corrected chi connectivity index (χ4v) is 5.20. The first-order valence-electron chi connectivity index (χ1n) is 10.2. The number of fused-ring (bicyclic) bond motifs is 1. The zero-order valence-electron chi connectivity index (χ0n) is 18.2. The molecule has 1 aliphatic heterocycles. The van der Waals surface area contributed by atoms with Gasteiger partial charge in [0, 0.05) is 4.47 Å². The Kier molecular flexibility index (Phi) is 6.53. The van der Waals surface area contributed by atoms with Gasteiger partial charge in [0.05, 0.1) is 35.6 Å². The Bertz CT molecular complexity index is 1440. The molecule has 0 bridgehead atoms. The minimum absolute atomic E-state index is 0.0123. The molecule has 0 fully saturated rings. The van der Waals surface area contributed by atoms with Crippen LogP contribution in [0.4, 0.5) is 0 Å². The molecule has 7 nitrogen and oxygen atoms in total. The average molecular weight is 529 g/mol. The van der Waals surface area contributed by atoms with Crippen LogP contribution in [0.5, 0.6) is 11.5 Å². The number of phenolic OH excluding ortho intramolecular Hbond substituents is 1. The van der Waals surface area contributed by atoms with Gasteiger partial charge in [-0.15, -0.1) is 0 Å². The summed E-state index contributed by atoms with van der Waals surface area (Å²) in [7, 11) is 1.46. The number of hydrogen-bond donors (Lipinski definition) is 1. The lowest BCUT2D eigenvalue weighted by Gasteiger charge is -2.24. The number of rotatable bonds is 5. The molecule has 1 N–H and O–H groups in total. The highest BCUT2D eigenvalue weighted by Crippen LogP contribution is 2.33. The Hall–Kier alpha value is -3.17. The second kappa shape index (κ2) is 9.36. The molecule has 0 amide bonds. The van der Waals surface area contributed by atoms with Crippen molar-refractivity contribution in [1.82, 2.24) is 4.57 Å². The van der Waals surface area contributed by atoms with Crippen LogP contribution >= 0.6 is 27.3 Å². The van der Waals surface area contributed by atoms with Crippen LogP contribution < -0.4 is 19.6 Å². The molecule has 0 saturated carbocycles. The molecule has 3 aromatic rings. The fraction of sp³-hybridized carbons (Fsp3) is 0.208. The Morgan fingerprint density at radius 1 is 1.30 bits per heavy atom. The minimum atomic E-state index is -0.651. The molecule has 33 heavy (non-hydrogen) atoms. The number of esters is 1. The van der Waals surface area contributed by atoms with Crippen molar-refractivity contribution >= 4 is 39.3 Å². The van der Waals surface area contributed by atoms with E-state index in [9.17, 15) is 14.7 Å². The van der Waals surface area contributed by atoms with Gasteiger partial charge in [-0.2, -0.15) is 0 Å². The van der Waals surface area contributed by atoms with Gasteiger partial charge in [0.25, 0.3) is 5.56 Å². The van der Waals surface area contributed by atoms with Gasteiger partial charge in [0.1, 0.15) is 0 Å². The molecule has 1 atom stereocenters. The standard InChI is InChI=1S/C24H21BrN2O5S/c1-4-32-23(30)20-13(2)26-24-27(21(20)14-8-6-5-7-9-14)22(29)19(33-24)11-15-10-18(31-3)17(28)12-16(15)25/h5-12,21,28H,4H2,1-3H3/b19-11+/t21-/m0/s1. The first-order valence-corrected chi connectivity index (χ1v) is 11.8. The summed E-state index contributed by atoms with van der Waals surface area (Å²) in [5.41, 5.74) is 2.03. The van der Waals surface area contributed by atoms with E-state index in [0.29, 0.717) is 36.4 Å². The number of aromatic nitrogens is 1. The molecular formula is C24H21BrN2O5S. The van der Waals surface area contributed by atoms with Gasteiger partial charge in [0.15, 0.2) is 16.3 Å². The maximum atomic E-state index is 13.6. The quantitative estimate of drug-likeness (QED) is 0.513. The van der Waals surface area contributed by atoms with Crippen LogP contribution in [0.25, 0.3) is 6.08 Å². The first kappa shape index (κ1) is 23.0. The number of thiazole rings is 1. The first-order chi connectivity index (χ1) is 15.8. The fourth-order valence-electron chi connectivity index (χ4n) is 3.72. The molecular weight excluding hydrogens is 508 g/mol. The van der Waals surface area contributed by atoms with E-state index in [1.165, 1.54) is 29.1 Å². The number of hydrogen-bond acceptors (Lipinski definition) is 7. The lowest BCUT2D eigenvalue weighted by molar-refractivity contribution is -0.139. The second-order valence-electron chi connectivity index (χ2n) is 7.26. The van der Waals surface area contributed by atoms with Crippen LogP contribution in [0.2, 0.25) is 0 Å². The van der Waals surface area contributed by atoms with E-state index in [1.54, 1.807) is 26.0 Å². The minimum Gasteiger partial charge on any atom is -0.504 e. The van der Waals surface area contributed by atoms with Crippen LogP contribution in [-0.2, 0) is 9.53 Å². The molecule has 2 heterocycles. The number of halogens is 1. The summed E-state index contributed by atoms with van der Waals surface area (Å²) in [6, 6.07) is 11.9. The van der Waals surface area contributed by atoms with Crippen LogP contribution in [0.15, 0.2) is 68.0 Å². The number of ether oxygens (including phenoxy) is 2. The van der Waals surface area contributed by atoms with Crippen LogP contribution in [0.3, 0.4) is 0 Å². The van der Waals surface area contributed by atoms with E-state index in [4.69, 9.17) is 9.47 Å². The summed E-state index contributed by atoms with van der Waals surface area (Å²) < 4.78 is 13.1. The number of methoxy groups -OCH3 is 1. The molecule has 2 aromatic carbocycles. The summed E-state index contributed by atoms with van der Waals surface area (Å²) in [6.07, 6.45) is 1.71. The van der Waals surface area contributed by atoms with Crippen molar-refractivity contribution in [2.75, 3.05) is 13.7 Å². The van der Waals surface area contributed by atoms with E-state index >= 15 is 0 Å². The van der Waals surface area contributed by atoms with Gasteiger partial charge in [-0.05, 0) is 43.2 Å². The lowest BCUT2D eigenvalue weighted by Crippen LogP contribution is -2.39. The summed E-state index contributed by atoms with van der Waals surface area (Å²) in [6.45, 7) is 3.71. The molecule has 1 aliphatic rings. The maximum Gasteiger partial charge on any atom is 0.338 e. The van der Waals surface area contributed by atoms with Gasteiger partial charge in [-0.3, -0.25) is 9.36 Å². The average Bonchev–Trinajstić information content (AvgIpc) is 3.09. The lowest BCUT2D eigenvalue weighted by atomic mass is 9.96. The third-order valence-electron chi connectivity index (χ3n) is 5.22. The molecule has 1 aromatic heterocycles. The normalized spacial score (nSPS) is 15.8. The number of benzene rings is 2. The van der Waals surface area contributed by atoms with E-state index in [1.807, 2.05) is 30.3 Å². The predicted molar refractivity (Wildman–Crippen MR) is 129 cm³/mol. The van der Waals surface area contributed by atoms with E-state index in [0.717, 1.165) is 5.56 Å². The monoisotopic (exact) mass is 528 g/mol. The Labute approximate surface area is 202 Å². The van der Waals surface area contributed by atoms with Crippen molar-refractivity contribution in [1.29, 1.82) is 0 Å². The third-order valence-corrected chi connectivity index (χ3v) is 6.89. The van der Waals surface area contributed by atoms with Crippen molar-refractivity contribution < 1.29 is 19.4 Å². The Morgan fingerprint density at radius 2 is 2.03 bits per heavy atom. The van der Waals surface area contributed by atoms with Gasteiger partial charge < -0.3 is 14.6 Å². The van der Waals surface area contributed by atoms with Crippen molar-refractivity contribution in [3.05, 3.63) is 89.0 Å². The zero-order chi connectivity index (χ0) is 23.7. The third kappa shape index (κ3) is 4.26. The summed E-state index contributed by atoms with van der Waals surface area (Å²) in [5, 5.41) is 9.99. The highest BCUT2D eigenvalue weighted by molar-refractivity contribution is 9.10. The van der Waals surface area contributed by atoms with E-state index < -0.39 is 12.0 Å². The molecule has 0 saturated heterocycles. The predicted octanol–water partition coefficient (Wildman–Crippen LogP) is 3.28. The molecule has 170 valence electrons. The van der Waals surface area contributed by atoms with Crippen molar-refractivity contribution in [3.63, 3.8) is 0 Å². The number of aromatic hydroxyl groups is 1. The number of carbonyl (C=O) groups excluding carboxylic acids is 1. The van der Waals surface area contributed by atoms with Crippen molar-refractivity contribution in [3.8, 4) is 11.5 Å². The van der Waals surface area contributed by atoms with Crippen LogP contribution in [-0.4, -0.2) is 29.4 Å². The molecule has 9 heteroatoms. The maximum absolute atomic E-state index is 13.6. The van der Waals surface area contributed by atoms with Gasteiger partial charge in [-0.25, -0.2) is 9.79 Å². The number of allylic oxidation sites excluding steroid dienone is 1. The Balaban J connectivity index is 1.96. The van der Waals surface area contributed by atoms with Crippen molar-refractivity contribution in [2.45, 2.75) is 19.9 Å². The molecule has 0 aliphatic carbocycles. The molecule has 4 rings (SSSR count). The van der Waals surface area contributed by atoms with Gasteiger partial charge in [-0.1, -0.05) is 57.6 Å². The SMILES string of the molecule is CCOC(=O)C1=C(C)N=c2s/c(=C/c3cc(OC)c(O)cc3Br)c(=O)n2[C@H]1c1ccccc1. The van der Waals surface area contributed by atoms with E-state index in [2.05, 4.69) is 20.9 Å². The largest absolute Gasteiger partial charge is 0.504 e. The number of phenols is 1.